The van der Waals surface area contributed by atoms with E-state index in [0.29, 0.717) is 19.1 Å². The fraction of sp³-hybridized carbons (Fsp3) is 0.429. The van der Waals surface area contributed by atoms with Gasteiger partial charge < -0.3 is 4.98 Å². The highest BCUT2D eigenvalue weighted by Gasteiger charge is 2.29. The molecular weight excluding hydrogens is 436 g/mol. The molecule has 182 valence electrons. The second kappa shape index (κ2) is 10.5. The topological polar surface area (TPSA) is 79.7 Å². The Bertz CT molecular complexity index is 1320. The molecule has 1 aliphatic rings. The summed E-state index contributed by atoms with van der Waals surface area (Å²) in [6, 6.07) is 18.9. The molecule has 1 N–H and O–H groups in total. The lowest BCUT2D eigenvalue weighted by atomic mass is 9.95. The molecule has 1 atom stereocenters. The number of nitrogens with one attached hydrogen (secondary N) is 1. The molecule has 0 spiro atoms. The zero-order chi connectivity index (χ0) is 24.2. The molecule has 4 aromatic rings. The number of aromatic nitrogens is 5. The molecule has 0 bridgehead atoms. The third-order valence-corrected chi connectivity index (χ3v) is 7.24. The number of pyridine rings is 1. The second-order valence-electron chi connectivity index (χ2n) is 9.80. The maximum atomic E-state index is 13.1. The number of nitrogens with zero attached hydrogens (tertiary/aromatic N) is 5. The van der Waals surface area contributed by atoms with Crippen molar-refractivity contribution in [1.82, 2.24) is 30.1 Å². The molecule has 2 aromatic carbocycles. The third-order valence-electron chi connectivity index (χ3n) is 7.24. The van der Waals surface area contributed by atoms with Gasteiger partial charge in [0.25, 0.3) is 5.56 Å². The van der Waals surface area contributed by atoms with Gasteiger partial charge >= 0.3 is 0 Å². The molecule has 7 nitrogen and oxygen atoms in total. The molecule has 2 heterocycles. The van der Waals surface area contributed by atoms with E-state index in [9.17, 15) is 4.79 Å². The Morgan fingerprint density at radius 3 is 2.63 bits per heavy atom. The summed E-state index contributed by atoms with van der Waals surface area (Å²) in [4.78, 5) is 18.5. The molecule has 0 amide bonds. The van der Waals surface area contributed by atoms with Gasteiger partial charge in [0, 0.05) is 24.2 Å². The van der Waals surface area contributed by atoms with Crippen molar-refractivity contribution in [2.24, 2.45) is 0 Å². The van der Waals surface area contributed by atoms with E-state index >= 15 is 0 Å². The van der Waals surface area contributed by atoms with Gasteiger partial charge in [0.15, 0.2) is 5.82 Å². The number of fused-ring (bicyclic) bond motifs is 1. The lowest BCUT2D eigenvalue weighted by molar-refractivity contribution is 0.155. The smallest absolute Gasteiger partial charge is 0.252 e. The number of H-pyrrole nitrogens is 1. The van der Waals surface area contributed by atoms with Crippen molar-refractivity contribution in [1.29, 1.82) is 0 Å². The number of rotatable bonds is 8. The van der Waals surface area contributed by atoms with Crippen LogP contribution in [-0.2, 0) is 13.1 Å². The van der Waals surface area contributed by atoms with Crippen molar-refractivity contribution in [2.45, 2.75) is 77.5 Å². The molecule has 5 rings (SSSR count). The molecule has 1 saturated carbocycles. The molecule has 0 saturated heterocycles. The van der Waals surface area contributed by atoms with E-state index in [4.69, 9.17) is 0 Å². The Labute approximate surface area is 206 Å². The highest BCUT2D eigenvalue weighted by Crippen LogP contribution is 2.32. The largest absolute Gasteiger partial charge is 0.322 e. The van der Waals surface area contributed by atoms with Gasteiger partial charge in [-0.1, -0.05) is 68.1 Å². The predicted molar refractivity (Wildman–Crippen MR) is 138 cm³/mol. The van der Waals surface area contributed by atoms with E-state index in [1.54, 1.807) is 0 Å². The average molecular weight is 471 g/mol. The summed E-state index contributed by atoms with van der Waals surface area (Å²) in [6.45, 7) is 5.48. The van der Waals surface area contributed by atoms with Crippen LogP contribution in [0.4, 0.5) is 0 Å². The summed E-state index contributed by atoms with van der Waals surface area (Å²) in [5, 5.41) is 14.1. The van der Waals surface area contributed by atoms with Gasteiger partial charge in [-0.2, -0.15) is 0 Å². The van der Waals surface area contributed by atoms with Crippen molar-refractivity contribution in [3.63, 3.8) is 0 Å². The van der Waals surface area contributed by atoms with Crippen molar-refractivity contribution in [3.8, 4) is 0 Å². The number of tetrazole rings is 1. The first-order chi connectivity index (χ1) is 17.1. The van der Waals surface area contributed by atoms with Gasteiger partial charge in [-0.3, -0.25) is 9.69 Å². The van der Waals surface area contributed by atoms with Crippen LogP contribution in [0.5, 0.6) is 0 Å². The molecule has 7 heteroatoms. The van der Waals surface area contributed by atoms with Gasteiger partial charge in [-0.15, -0.1) is 5.10 Å². The van der Waals surface area contributed by atoms with E-state index in [2.05, 4.69) is 74.3 Å². The molecule has 35 heavy (non-hydrogen) atoms. The van der Waals surface area contributed by atoms with E-state index < -0.39 is 0 Å². The lowest BCUT2D eigenvalue weighted by Gasteiger charge is -2.32. The van der Waals surface area contributed by atoms with Crippen LogP contribution in [0, 0.1) is 6.92 Å². The first-order valence-corrected chi connectivity index (χ1v) is 12.8. The van der Waals surface area contributed by atoms with Crippen LogP contribution in [0.2, 0.25) is 0 Å². The van der Waals surface area contributed by atoms with Crippen LogP contribution in [-0.4, -0.2) is 30.1 Å². The molecule has 2 aromatic heterocycles. The maximum Gasteiger partial charge on any atom is 0.252 e. The van der Waals surface area contributed by atoms with E-state index in [1.807, 2.05) is 24.3 Å². The quantitative estimate of drug-likeness (QED) is 0.369. The first-order valence-electron chi connectivity index (χ1n) is 12.8. The summed E-state index contributed by atoms with van der Waals surface area (Å²) in [5.74, 6) is 0.906. The highest BCUT2D eigenvalue weighted by molar-refractivity contribution is 5.79. The maximum absolute atomic E-state index is 13.1. The van der Waals surface area contributed by atoms with Crippen molar-refractivity contribution in [2.75, 3.05) is 0 Å². The number of benzene rings is 2. The molecule has 1 fully saturated rings. The van der Waals surface area contributed by atoms with Crippen molar-refractivity contribution >= 4 is 10.9 Å². The van der Waals surface area contributed by atoms with Crippen LogP contribution >= 0.6 is 0 Å². The fourth-order valence-electron chi connectivity index (χ4n) is 5.41. The summed E-state index contributed by atoms with van der Waals surface area (Å²) in [7, 11) is 0. The zero-order valence-corrected chi connectivity index (χ0v) is 20.7. The Morgan fingerprint density at radius 1 is 1.06 bits per heavy atom. The van der Waals surface area contributed by atoms with Crippen LogP contribution in [0.3, 0.4) is 0 Å². The summed E-state index contributed by atoms with van der Waals surface area (Å²) in [6.07, 6.45) is 6.83. The second-order valence-corrected chi connectivity index (χ2v) is 9.80. The molecule has 0 radical (unpaired) electrons. The SMILES string of the molecule is CCC(c1nnnn1C1CCCCC1)N(Cc1ccccc1)Cc1cc2cc(C)ccc2[nH]c1=O. The Morgan fingerprint density at radius 2 is 1.86 bits per heavy atom. The molecule has 0 aliphatic heterocycles. The standard InChI is InChI=1S/C28H34N6O/c1-3-26(27-30-31-32-34(27)24-12-8-5-9-13-24)33(18-21-10-6-4-7-11-21)19-23-17-22-16-20(2)14-15-25(22)29-28(23)35/h4,6-7,10-11,14-17,24,26H,3,5,8-9,12-13,18-19H2,1-2H3,(H,29,35). The number of hydrogen-bond donors (Lipinski definition) is 1. The van der Waals surface area contributed by atoms with Crippen LogP contribution in [0.1, 0.15) is 80.0 Å². The monoisotopic (exact) mass is 470 g/mol. The summed E-state index contributed by atoms with van der Waals surface area (Å²) in [5.41, 5.74) is 3.97. The van der Waals surface area contributed by atoms with E-state index in [1.165, 1.54) is 30.4 Å². The van der Waals surface area contributed by atoms with Gasteiger partial charge in [0.1, 0.15) is 0 Å². The van der Waals surface area contributed by atoms with Gasteiger partial charge in [0.05, 0.1) is 12.1 Å². The lowest BCUT2D eigenvalue weighted by Crippen LogP contribution is -2.33. The minimum absolute atomic E-state index is 0.000242. The number of aromatic amines is 1. The van der Waals surface area contributed by atoms with Crippen LogP contribution < -0.4 is 5.56 Å². The van der Waals surface area contributed by atoms with E-state index in [0.717, 1.165) is 41.6 Å². The van der Waals surface area contributed by atoms with Gasteiger partial charge in [0.2, 0.25) is 0 Å². The summed E-state index contributed by atoms with van der Waals surface area (Å²) < 4.78 is 2.07. The fourth-order valence-corrected chi connectivity index (χ4v) is 5.41. The first kappa shape index (κ1) is 23.4. The normalized spacial score (nSPS) is 15.6. The van der Waals surface area contributed by atoms with Crippen LogP contribution in [0.25, 0.3) is 10.9 Å². The summed E-state index contributed by atoms with van der Waals surface area (Å²) >= 11 is 0. The minimum Gasteiger partial charge on any atom is -0.322 e. The third kappa shape index (κ3) is 5.20. The predicted octanol–water partition coefficient (Wildman–Crippen LogP) is 5.48. The molecular formula is C28H34N6O. The van der Waals surface area contributed by atoms with Crippen molar-refractivity contribution in [3.05, 3.63) is 87.5 Å². The molecule has 1 unspecified atom stereocenters. The van der Waals surface area contributed by atoms with Crippen molar-refractivity contribution < 1.29 is 0 Å². The Kier molecular flexibility index (Phi) is 7.04. The number of aryl methyl sites for hydroxylation is 1. The zero-order valence-electron chi connectivity index (χ0n) is 20.7. The van der Waals surface area contributed by atoms with E-state index in [-0.39, 0.29) is 11.6 Å². The Balaban J connectivity index is 1.52. The highest BCUT2D eigenvalue weighted by atomic mass is 16.1. The Hall–Kier alpha value is -3.32. The van der Waals surface area contributed by atoms with Crippen LogP contribution in [0.15, 0.2) is 59.4 Å². The van der Waals surface area contributed by atoms with Gasteiger partial charge in [-0.05, 0) is 65.8 Å². The minimum atomic E-state index is -0.0406. The molecule has 1 aliphatic carbocycles. The average Bonchev–Trinajstić information content (AvgIpc) is 3.36. The van der Waals surface area contributed by atoms with Gasteiger partial charge in [-0.25, -0.2) is 4.68 Å². The number of hydrogen-bond acceptors (Lipinski definition) is 5.